The van der Waals surface area contributed by atoms with Gasteiger partial charge in [0, 0.05) is 45.4 Å². The van der Waals surface area contributed by atoms with E-state index in [1.54, 1.807) is 18.3 Å². The summed E-state index contributed by atoms with van der Waals surface area (Å²) >= 11 is 15.1. The van der Waals surface area contributed by atoms with Gasteiger partial charge in [-0.1, -0.05) is 23.2 Å². The third-order valence-corrected chi connectivity index (χ3v) is 7.54. The summed E-state index contributed by atoms with van der Waals surface area (Å²) in [4.78, 5) is 36.5. The van der Waals surface area contributed by atoms with Gasteiger partial charge < -0.3 is 5.32 Å². The summed E-state index contributed by atoms with van der Waals surface area (Å²) in [5.41, 5.74) is 1.73. The molecule has 3 heterocycles. The van der Waals surface area contributed by atoms with Crippen molar-refractivity contribution >= 4 is 67.1 Å². The van der Waals surface area contributed by atoms with Crippen LogP contribution in [0.3, 0.4) is 0 Å². The fourth-order valence-corrected chi connectivity index (χ4v) is 5.36. The molecule has 1 amide bonds. The fourth-order valence-electron chi connectivity index (χ4n) is 3.15. The molecule has 0 atom stereocenters. The molecule has 0 fully saturated rings. The summed E-state index contributed by atoms with van der Waals surface area (Å²) in [6, 6.07) is 5.32. The summed E-state index contributed by atoms with van der Waals surface area (Å²) in [6.07, 6.45) is 3.93. The van der Waals surface area contributed by atoms with Crippen LogP contribution >= 0.6 is 45.9 Å². The zero-order valence-corrected chi connectivity index (χ0v) is 19.9. The number of fused-ring (bicyclic) bond motifs is 1. The average Bonchev–Trinajstić information content (AvgIpc) is 3.28. The average molecular weight is 493 g/mol. The molecule has 0 saturated carbocycles. The summed E-state index contributed by atoms with van der Waals surface area (Å²) in [5, 5.41) is 5.18. The summed E-state index contributed by atoms with van der Waals surface area (Å²) in [6.45, 7) is 4.14. The highest BCUT2D eigenvalue weighted by molar-refractivity contribution is 7.18. The maximum absolute atomic E-state index is 12.7. The molecule has 160 valence electrons. The number of nitrogens with zero attached hydrogens (tertiary/aromatic N) is 3. The summed E-state index contributed by atoms with van der Waals surface area (Å²) < 4.78 is 1.48. The smallest absolute Gasteiger partial charge is 0.262 e. The number of nitrogens with one attached hydrogen (secondary N) is 1. The molecule has 0 radical (unpaired) electrons. The third kappa shape index (κ3) is 4.82. The Hall–Kier alpha value is -2.26. The van der Waals surface area contributed by atoms with Crippen LogP contribution < -0.4 is 10.9 Å². The lowest BCUT2D eigenvalue weighted by Crippen LogP contribution is -2.23. The second-order valence-corrected chi connectivity index (χ2v) is 10.2. The number of rotatable bonds is 6. The van der Waals surface area contributed by atoms with E-state index in [4.69, 9.17) is 23.2 Å². The second kappa shape index (κ2) is 9.08. The topological polar surface area (TPSA) is 76.9 Å². The number of benzene rings is 1. The van der Waals surface area contributed by atoms with Crippen LogP contribution in [0.4, 0.5) is 5.13 Å². The van der Waals surface area contributed by atoms with E-state index in [1.165, 1.54) is 33.6 Å². The van der Waals surface area contributed by atoms with Crippen LogP contribution in [0.5, 0.6) is 0 Å². The Labute approximate surface area is 196 Å². The number of hydrogen-bond acceptors (Lipinski definition) is 6. The number of carbonyl (C=O) groups is 1. The fraction of sp³-hybridized carbons (Fsp3) is 0.238. The van der Waals surface area contributed by atoms with Crippen molar-refractivity contribution in [2.24, 2.45) is 0 Å². The zero-order valence-electron chi connectivity index (χ0n) is 16.7. The number of thiophene rings is 1. The highest BCUT2D eigenvalue weighted by Crippen LogP contribution is 2.27. The molecule has 0 unspecified atom stereocenters. The first-order valence-corrected chi connectivity index (χ1v) is 11.8. The molecule has 1 N–H and O–H groups in total. The molecule has 3 aromatic heterocycles. The quantitative estimate of drug-likeness (QED) is 0.387. The van der Waals surface area contributed by atoms with E-state index in [9.17, 15) is 9.59 Å². The minimum atomic E-state index is -0.216. The summed E-state index contributed by atoms with van der Waals surface area (Å²) in [7, 11) is 0. The van der Waals surface area contributed by atoms with Crippen LogP contribution in [0.15, 0.2) is 35.5 Å². The number of aromatic nitrogens is 3. The Kier molecular flexibility index (Phi) is 6.43. The first-order valence-electron chi connectivity index (χ1n) is 9.45. The number of thiazole rings is 1. The predicted octanol–water partition coefficient (Wildman–Crippen LogP) is 5.46. The molecule has 31 heavy (non-hydrogen) atoms. The van der Waals surface area contributed by atoms with Crippen molar-refractivity contribution in [1.82, 2.24) is 14.5 Å². The van der Waals surface area contributed by atoms with E-state index < -0.39 is 0 Å². The highest BCUT2D eigenvalue weighted by Gasteiger charge is 2.14. The summed E-state index contributed by atoms with van der Waals surface area (Å²) in [5.74, 6) is -0.216. The molecule has 0 aliphatic heterocycles. The first-order chi connectivity index (χ1) is 14.8. The van der Waals surface area contributed by atoms with E-state index in [-0.39, 0.29) is 24.4 Å². The Morgan fingerprint density at radius 1 is 1.19 bits per heavy atom. The van der Waals surface area contributed by atoms with Gasteiger partial charge in [-0.3, -0.25) is 14.2 Å². The SMILES string of the molecule is Cc1sc2ncn(CCC(=O)Nc3ncc(Cc4cc(Cl)ccc4Cl)s3)c(=O)c2c1C. The van der Waals surface area contributed by atoms with Gasteiger partial charge >= 0.3 is 0 Å². The number of aryl methyl sites for hydroxylation is 3. The van der Waals surface area contributed by atoms with Crippen LogP contribution in [0.1, 0.15) is 27.3 Å². The zero-order chi connectivity index (χ0) is 22.1. The molecular formula is C21H18Cl2N4O2S2. The molecule has 10 heteroatoms. The van der Waals surface area contributed by atoms with E-state index >= 15 is 0 Å². The van der Waals surface area contributed by atoms with Crippen molar-refractivity contribution in [2.45, 2.75) is 33.2 Å². The Morgan fingerprint density at radius 2 is 2.00 bits per heavy atom. The number of halogens is 2. The number of anilines is 1. The van der Waals surface area contributed by atoms with Crippen LogP contribution in [-0.4, -0.2) is 20.4 Å². The number of amides is 1. The van der Waals surface area contributed by atoms with Crippen LogP contribution in [0.2, 0.25) is 10.0 Å². The molecule has 6 nitrogen and oxygen atoms in total. The standard InChI is InChI=1S/C21H18Cl2N4O2S2/c1-11-12(2)30-19-18(11)20(29)27(10-25-19)6-5-17(28)26-21-24-9-15(31-21)8-13-7-14(22)3-4-16(13)23/h3-4,7,9-10H,5-6,8H2,1-2H3,(H,24,26,28). The molecule has 1 aromatic carbocycles. The van der Waals surface area contributed by atoms with Gasteiger partial charge in [-0.25, -0.2) is 9.97 Å². The third-order valence-electron chi connectivity index (χ3n) is 4.91. The first kappa shape index (κ1) is 22.0. The highest BCUT2D eigenvalue weighted by atomic mass is 35.5. The monoisotopic (exact) mass is 492 g/mol. The molecule has 0 bridgehead atoms. The minimum absolute atomic E-state index is 0.116. The maximum Gasteiger partial charge on any atom is 0.262 e. The van der Waals surface area contributed by atoms with E-state index in [2.05, 4.69) is 15.3 Å². The second-order valence-electron chi connectivity index (χ2n) is 7.05. The van der Waals surface area contributed by atoms with Crippen molar-refractivity contribution < 1.29 is 4.79 Å². The van der Waals surface area contributed by atoms with Gasteiger partial charge in [0.25, 0.3) is 5.56 Å². The van der Waals surface area contributed by atoms with E-state index in [0.29, 0.717) is 27.0 Å². The largest absolute Gasteiger partial charge is 0.302 e. The molecule has 4 rings (SSSR count). The van der Waals surface area contributed by atoms with Gasteiger partial charge in [0.2, 0.25) is 5.91 Å². The Bertz CT molecular complexity index is 1340. The molecule has 4 aromatic rings. The normalized spacial score (nSPS) is 11.2. The predicted molar refractivity (Wildman–Crippen MR) is 128 cm³/mol. The number of hydrogen-bond donors (Lipinski definition) is 1. The lowest BCUT2D eigenvalue weighted by molar-refractivity contribution is -0.116. The van der Waals surface area contributed by atoms with Crippen molar-refractivity contribution in [1.29, 1.82) is 0 Å². The molecule has 0 aliphatic rings. The molecule has 0 aliphatic carbocycles. The van der Waals surface area contributed by atoms with Gasteiger partial charge in [0.1, 0.15) is 4.83 Å². The number of carbonyl (C=O) groups excluding carboxylic acids is 1. The van der Waals surface area contributed by atoms with Crippen LogP contribution in [-0.2, 0) is 17.8 Å². The van der Waals surface area contributed by atoms with Crippen LogP contribution in [0.25, 0.3) is 10.2 Å². The minimum Gasteiger partial charge on any atom is -0.302 e. The van der Waals surface area contributed by atoms with Crippen molar-refractivity contribution in [2.75, 3.05) is 5.32 Å². The van der Waals surface area contributed by atoms with Gasteiger partial charge in [0.05, 0.1) is 11.7 Å². The van der Waals surface area contributed by atoms with Gasteiger partial charge in [-0.15, -0.1) is 22.7 Å². The lowest BCUT2D eigenvalue weighted by atomic mass is 10.1. The van der Waals surface area contributed by atoms with Crippen molar-refractivity contribution in [3.8, 4) is 0 Å². The molecule has 0 spiro atoms. The molecular weight excluding hydrogens is 475 g/mol. The van der Waals surface area contributed by atoms with Crippen LogP contribution in [0, 0.1) is 13.8 Å². The maximum atomic E-state index is 12.7. The van der Waals surface area contributed by atoms with E-state index in [0.717, 1.165) is 25.7 Å². The van der Waals surface area contributed by atoms with Gasteiger partial charge in [-0.2, -0.15) is 0 Å². The van der Waals surface area contributed by atoms with E-state index in [1.807, 2.05) is 19.9 Å². The lowest BCUT2D eigenvalue weighted by Gasteiger charge is -2.05. The van der Waals surface area contributed by atoms with Crippen molar-refractivity contribution in [3.05, 3.63) is 72.0 Å². The van der Waals surface area contributed by atoms with Gasteiger partial charge in [0.15, 0.2) is 5.13 Å². The van der Waals surface area contributed by atoms with Gasteiger partial charge in [-0.05, 0) is 43.2 Å². The molecule has 0 saturated heterocycles. The van der Waals surface area contributed by atoms with Crippen molar-refractivity contribution in [3.63, 3.8) is 0 Å². The Morgan fingerprint density at radius 3 is 2.81 bits per heavy atom. The Balaban J connectivity index is 1.39.